The van der Waals surface area contributed by atoms with Gasteiger partial charge in [-0.2, -0.15) is 0 Å². The van der Waals surface area contributed by atoms with Crippen molar-refractivity contribution < 1.29 is 80.2 Å². The minimum atomic E-state index is -4.96. The molecule has 6 atom stereocenters. The second-order valence-electron chi connectivity index (χ2n) is 28.9. The van der Waals surface area contributed by atoms with Gasteiger partial charge in [-0.05, 0) is 43.4 Å². The molecule has 0 bridgehead atoms. The SMILES string of the molecule is CCCCCCCCCCCCCCCCCC(=O)OC[C@H](COP(=O)(O)OC[C@@H](O)COP(=O)(O)OC[C@@H](COC(=O)CCCCCCCCC(C)C)OC(=O)CCCCCCCCCCCCCC(C)C)OC(=O)CCCCCCCCCCCCCCCCC(C)CC. The molecule has 570 valence electrons. The number of rotatable bonds is 75. The second-order valence-corrected chi connectivity index (χ2v) is 31.8. The van der Waals surface area contributed by atoms with Crippen LogP contribution < -0.4 is 0 Å². The number of aliphatic hydroxyl groups is 1. The number of hydrogen-bond acceptors (Lipinski definition) is 15. The molecule has 3 N–H and O–H groups in total. The van der Waals surface area contributed by atoms with Gasteiger partial charge in [0.15, 0.2) is 12.2 Å². The highest BCUT2D eigenvalue weighted by atomic mass is 31.2. The first kappa shape index (κ1) is 94.1. The predicted octanol–water partition coefficient (Wildman–Crippen LogP) is 22.6. The van der Waals surface area contributed by atoms with Crippen molar-refractivity contribution in [3.8, 4) is 0 Å². The van der Waals surface area contributed by atoms with E-state index in [1.807, 2.05) is 0 Å². The Bertz CT molecular complexity index is 1870. The van der Waals surface area contributed by atoms with Crippen molar-refractivity contribution >= 4 is 39.5 Å². The summed E-state index contributed by atoms with van der Waals surface area (Å²) in [5.41, 5.74) is 0. The van der Waals surface area contributed by atoms with Crippen molar-refractivity contribution in [1.82, 2.24) is 0 Å². The van der Waals surface area contributed by atoms with Gasteiger partial charge in [-0.25, -0.2) is 9.13 Å². The second kappa shape index (κ2) is 67.5. The molecule has 0 aromatic rings. The van der Waals surface area contributed by atoms with Gasteiger partial charge in [-0.1, -0.05) is 344 Å². The van der Waals surface area contributed by atoms with E-state index in [4.69, 9.17) is 37.0 Å². The normalized spacial score (nSPS) is 14.3. The van der Waals surface area contributed by atoms with E-state index in [0.717, 1.165) is 108 Å². The number of carbonyl (C=O) groups excluding carboxylic acids is 4. The fourth-order valence-corrected chi connectivity index (χ4v) is 13.3. The van der Waals surface area contributed by atoms with E-state index >= 15 is 0 Å². The number of aliphatic hydroxyl groups excluding tert-OH is 1. The smallest absolute Gasteiger partial charge is 0.462 e. The Balaban J connectivity index is 5.24. The van der Waals surface area contributed by atoms with Gasteiger partial charge in [0.05, 0.1) is 26.4 Å². The summed E-state index contributed by atoms with van der Waals surface area (Å²) in [5.74, 6) is 0.173. The lowest BCUT2D eigenvalue weighted by Crippen LogP contribution is -2.30. The van der Waals surface area contributed by atoms with Crippen LogP contribution >= 0.6 is 15.6 Å². The lowest BCUT2D eigenvalue weighted by molar-refractivity contribution is -0.161. The first-order valence-corrected chi connectivity index (χ1v) is 42.9. The zero-order valence-corrected chi connectivity index (χ0v) is 64.6. The molecule has 0 aliphatic heterocycles. The molecule has 17 nitrogen and oxygen atoms in total. The van der Waals surface area contributed by atoms with Gasteiger partial charge in [-0.3, -0.25) is 37.3 Å². The maximum Gasteiger partial charge on any atom is 0.472 e. The van der Waals surface area contributed by atoms with Crippen LogP contribution in [0.3, 0.4) is 0 Å². The summed E-state index contributed by atoms with van der Waals surface area (Å²) in [6.07, 6.45) is 54.1. The van der Waals surface area contributed by atoms with Crippen LogP contribution in [0.15, 0.2) is 0 Å². The molecule has 0 aromatic heterocycles. The summed E-state index contributed by atoms with van der Waals surface area (Å²) >= 11 is 0. The zero-order chi connectivity index (χ0) is 70.9. The van der Waals surface area contributed by atoms with E-state index < -0.39 is 97.5 Å². The Morgan fingerprint density at radius 1 is 0.302 bits per heavy atom. The molecule has 0 aromatic carbocycles. The number of unbranched alkanes of at least 4 members (excludes halogenated alkanes) is 42. The van der Waals surface area contributed by atoms with E-state index in [1.165, 1.54) is 199 Å². The Hall–Kier alpha value is -1.94. The molecule has 19 heteroatoms. The minimum Gasteiger partial charge on any atom is -0.462 e. The van der Waals surface area contributed by atoms with Gasteiger partial charge in [-0.15, -0.1) is 0 Å². The van der Waals surface area contributed by atoms with Gasteiger partial charge in [0.1, 0.15) is 19.3 Å². The Morgan fingerprint density at radius 2 is 0.531 bits per heavy atom. The van der Waals surface area contributed by atoms with Gasteiger partial charge >= 0.3 is 39.5 Å². The van der Waals surface area contributed by atoms with Crippen molar-refractivity contribution in [3.05, 3.63) is 0 Å². The molecule has 0 amide bonds. The van der Waals surface area contributed by atoms with Crippen LogP contribution in [0.25, 0.3) is 0 Å². The zero-order valence-electron chi connectivity index (χ0n) is 62.8. The molecule has 96 heavy (non-hydrogen) atoms. The largest absolute Gasteiger partial charge is 0.472 e. The van der Waals surface area contributed by atoms with Gasteiger partial charge in [0.25, 0.3) is 0 Å². The molecule has 0 saturated carbocycles. The highest BCUT2D eigenvalue weighted by Crippen LogP contribution is 2.45. The van der Waals surface area contributed by atoms with Crippen molar-refractivity contribution in [2.45, 2.75) is 414 Å². The van der Waals surface area contributed by atoms with E-state index in [-0.39, 0.29) is 25.7 Å². The molecular weight excluding hydrogens is 1260 g/mol. The molecule has 0 saturated heterocycles. The highest BCUT2D eigenvalue weighted by molar-refractivity contribution is 7.47. The molecule has 0 heterocycles. The van der Waals surface area contributed by atoms with Gasteiger partial charge in [0.2, 0.25) is 0 Å². The Morgan fingerprint density at radius 3 is 0.792 bits per heavy atom. The first-order valence-electron chi connectivity index (χ1n) is 39.9. The molecule has 0 rings (SSSR count). The van der Waals surface area contributed by atoms with Crippen molar-refractivity contribution in [2.24, 2.45) is 17.8 Å². The Labute approximate surface area is 588 Å². The Kier molecular flexibility index (Phi) is 66.2. The number of phosphoric ester groups is 2. The van der Waals surface area contributed by atoms with E-state index in [9.17, 15) is 43.2 Å². The summed E-state index contributed by atoms with van der Waals surface area (Å²) < 4.78 is 68.5. The number of ether oxygens (including phenoxy) is 4. The lowest BCUT2D eigenvalue weighted by Gasteiger charge is -2.21. The third kappa shape index (κ3) is 69.2. The maximum atomic E-state index is 13.1. The fourth-order valence-electron chi connectivity index (χ4n) is 11.7. The molecule has 0 radical (unpaired) electrons. The molecular formula is C77H150O17P2. The summed E-state index contributed by atoms with van der Waals surface area (Å²) in [6, 6.07) is 0. The van der Waals surface area contributed by atoms with Crippen LogP contribution in [0.4, 0.5) is 0 Å². The monoisotopic (exact) mass is 1410 g/mol. The van der Waals surface area contributed by atoms with Crippen LogP contribution in [0.2, 0.25) is 0 Å². The number of carbonyl (C=O) groups is 4. The standard InChI is InChI=1S/C77H150O17P2/c1-8-10-11-12-13-14-15-16-17-21-26-31-36-44-51-58-74(79)87-64-72(93-76(81)60-53-46-37-32-27-22-19-18-20-25-30-35-43-50-57-70(7)9-2)66-91-95(83,84)89-62-71(78)63-90-96(85,86)92-67-73(65-88-75(80)59-52-45-40-39-42-49-56-69(5)6)94-77(82)61-54-47-38-33-28-23-24-29-34-41-48-55-68(3)4/h68-73,78H,8-67H2,1-7H3,(H,83,84)(H,85,86)/t70?,71-,72-,73-/m1/s1. The van der Waals surface area contributed by atoms with Crippen LogP contribution in [-0.4, -0.2) is 96.7 Å². The van der Waals surface area contributed by atoms with Crippen molar-refractivity contribution in [1.29, 1.82) is 0 Å². The third-order valence-corrected chi connectivity index (χ3v) is 20.1. The third-order valence-electron chi connectivity index (χ3n) is 18.2. The van der Waals surface area contributed by atoms with E-state index in [0.29, 0.717) is 31.6 Å². The number of phosphoric acid groups is 2. The first-order chi connectivity index (χ1) is 46.3. The molecule has 0 aliphatic rings. The molecule has 3 unspecified atom stereocenters. The summed E-state index contributed by atoms with van der Waals surface area (Å²) in [4.78, 5) is 72.8. The summed E-state index contributed by atoms with van der Waals surface area (Å²) in [6.45, 7) is 11.9. The van der Waals surface area contributed by atoms with Gasteiger partial charge in [0, 0.05) is 25.7 Å². The highest BCUT2D eigenvalue weighted by Gasteiger charge is 2.30. The van der Waals surface area contributed by atoms with Crippen LogP contribution in [0, 0.1) is 17.8 Å². The van der Waals surface area contributed by atoms with Crippen LogP contribution in [0.5, 0.6) is 0 Å². The molecule has 0 spiro atoms. The van der Waals surface area contributed by atoms with Gasteiger partial charge < -0.3 is 33.8 Å². The quantitative estimate of drug-likeness (QED) is 0.0222. The average molecular weight is 1410 g/mol. The van der Waals surface area contributed by atoms with Crippen LogP contribution in [-0.2, 0) is 65.4 Å². The average Bonchev–Trinajstić information content (AvgIpc) is 1.69. The van der Waals surface area contributed by atoms with Crippen molar-refractivity contribution in [3.63, 3.8) is 0 Å². The number of hydrogen-bond donors (Lipinski definition) is 3. The van der Waals surface area contributed by atoms with E-state index in [1.54, 1.807) is 0 Å². The van der Waals surface area contributed by atoms with E-state index in [2.05, 4.69) is 48.5 Å². The van der Waals surface area contributed by atoms with Crippen LogP contribution in [0.1, 0.15) is 395 Å². The molecule has 0 aliphatic carbocycles. The summed E-state index contributed by atoms with van der Waals surface area (Å²) in [7, 11) is -9.91. The maximum absolute atomic E-state index is 13.1. The topological polar surface area (TPSA) is 237 Å². The number of esters is 4. The van der Waals surface area contributed by atoms with Crippen molar-refractivity contribution in [2.75, 3.05) is 39.6 Å². The fraction of sp³-hybridized carbons (Fsp3) is 0.948. The minimum absolute atomic E-state index is 0.105. The predicted molar refractivity (Wildman–Crippen MR) is 391 cm³/mol. The lowest BCUT2D eigenvalue weighted by atomic mass is 9.99. The molecule has 0 fully saturated rings. The summed E-state index contributed by atoms with van der Waals surface area (Å²) in [5, 5.41) is 10.6.